The minimum absolute atomic E-state index is 0.00454. The largest absolute Gasteiger partial charge is 0.463 e. The van der Waals surface area contributed by atoms with Crippen molar-refractivity contribution >= 4 is 22.8 Å². The van der Waals surface area contributed by atoms with Crippen LogP contribution in [0.25, 0.3) is 11.1 Å². The molecule has 0 spiro atoms. The summed E-state index contributed by atoms with van der Waals surface area (Å²) in [7, 11) is 1.22. The van der Waals surface area contributed by atoms with Gasteiger partial charge >= 0.3 is 11.7 Å². The van der Waals surface area contributed by atoms with Crippen LogP contribution in [0.15, 0.2) is 44.2 Å². The number of hydrogen-bond donors (Lipinski definition) is 0. The SMILES string of the molecule is COC(=O)c1occc1Cn1c(=O)oc2cc([N+](=O)[O-])ccc21. The maximum Gasteiger partial charge on any atom is 0.420 e. The topological polar surface area (TPSA) is 118 Å². The first-order chi connectivity index (χ1) is 11.0. The van der Waals surface area contributed by atoms with Crippen LogP contribution in [0.3, 0.4) is 0 Å². The van der Waals surface area contributed by atoms with E-state index in [0.717, 1.165) is 0 Å². The number of nitro benzene ring substituents is 1. The number of fused-ring (bicyclic) bond motifs is 1. The zero-order valence-corrected chi connectivity index (χ0v) is 11.8. The maximum atomic E-state index is 12.0. The summed E-state index contributed by atoms with van der Waals surface area (Å²) in [6.45, 7) is 0.00454. The van der Waals surface area contributed by atoms with E-state index in [1.807, 2.05) is 0 Å². The summed E-state index contributed by atoms with van der Waals surface area (Å²) in [5.74, 6) is -1.38. The molecule has 0 fully saturated rings. The van der Waals surface area contributed by atoms with Crippen LogP contribution >= 0.6 is 0 Å². The lowest BCUT2D eigenvalue weighted by molar-refractivity contribution is -0.384. The molecule has 0 aliphatic carbocycles. The molecule has 118 valence electrons. The summed E-state index contributed by atoms with van der Waals surface area (Å²) in [4.78, 5) is 33.7. The number of hydrogen-bond acceptors (Lipinski definition) is 7. The van der Waals surface area contributed by atoms with Crippen molar-refractivity contribution in [1.29, 1.82) is 0 Å². The van der Waals surface area contributed by atoms with Crippen molar-refractivity contribution in [2.24, 2.45) is 0 Å². The average Bonchev–Trinajstić information content (AvgIpc) is 3.11. The summed E-state index contributed by atoms with van der Waals surface area (Å²) >= 11 is 0. The quantitative estimate of drug-likeness (QED) is 0.409. The zero-order valence-electron chi connectivity index (χ0n) is 11.8. The van der Waals surface area contributed by atoms with Gasteiger partial charge in [0, 0.05) is 11.6 Å². The van der Waals surface area contributed by atoms with Gasteiger partial charge in [-0.3, -0.25) is 14.7 Å². The Labute approximate surface area is 127 Å². The molecule has 0 amide bonds. The molecule has 0 radical (unpaired) electrons. The minimum Gasteiger partial charge on any atom is -0.463 e. The Hall–Kier alpha value is -3.36. The van der Waals surface area contributed by atoms with Gasteiger partial charge in [0.1, 0.15) is 0 Å². The van der Waals surface area contributed by atoms with Crippen LogP contribution < -0.4 is 5.76 Å². The number of esters is 1. The Morgan fingerprint density at radius 3 is 2.87 bits per heavy atom. The zero-order chi connectivity index (χ0) is 16.6. The van der Waals surface area contributed by atoms with Gasteiger partial charge in [0.2, 0.25) is 5.76 Å². The van der Waals surface area contributed by atoms with Crippen molar-refractivity contribution in [3.8, 4) is 0 Å². The third-order valence-corrected chi connectivity index (χ3v) is 3.31. The molecule has 0 atom stereocenters. The van der Waals surface area contributed by atoms with Crippen LogP contribution in [0, 0.1) is 10.1 Å². The van der Waals surface area contributed by atoms with E-state index < -0.39 is 16.6 Å². The van der Waals surface area contributed by atoms with Gasteiger partial charge < -0.3 is 13.6 Å². The number of benzene rings is 1. The summed E-state index contributed by atoms with van der Waals surface area (Å²) in [5, 5.41) is 10.8. The molecule has 0 N–H and O–H groups in total. The number of aromatic nitrogens is 1. The third-order valence-electron chi connectivity index (χ3n) is 3.31. The van der Waals surface area contributed by atoms with Gasteiger partial charge in [-0.15, -0.1) is 0 Å². The predicted molar refractivity (Wildman–Crippen MR) is 76.3 cm³/mol. The highest BCUT2D eigenvalue weighted by molar-refractivity contribution is 5.88. The number of furan rings is 1. The molecular formula is C14H10N2O7. The number of non-ortho nitro benzene ring substituents is 1. The Bertz CT molecular complexity index is 963. The third kappa shape index (κ3) is 2.48. The molecule has 9 nitrogen and oxygen atoms in total. The van der Waals surface area contributed by atoms with Gasteiger partial charge in [0.15, 0.2) is 5.58 Å². The van der Waals surface area contributed by atoms with E-state index in [-0.39, 0.29) is 23.6 Å². The highest BCUT2D eigenvalue weighted by Crippen LogP contribution is 2.21. The number of rotatable bonds is 4. The molecule has 3 aromatic rings. The number of carbonyl (C=O) groups is 1. The molecule has 0 bridgehead atoms. The van der Waals surface area contributed by atoms with Crippen molar-refractivity contribution < 1.29 is 23.3 Å². The molecule has 0 unspecified atom stereocenters. The van der Waals surface area contributed by atoms with Gasteiger partial charge in [-0.05, 0) is 12.1 Å². The summed E-state index contributed by atoms with van der Waals surface area (Å²) in [6, 6.07) is 5.38. The molecule has 23 heavy (non-hydrogen) atoms. The maximum absolute atomic E-state index is 12.0. The first-order valence-electron chi connectivity index (χ1n) is 6.43. The Morgan fingerprint density at radius 1 is 1.39 bits per heavy atom. The van der Waals surface area contributed by atoms with Crippen LogP contribution in [0.5, 0.6) is 0 Å². The van der Waals surface area contributed by atoms with Gasteiger partial charge in [0.05, 0.1) is 36.4 Å². The minimum atomic E-state index is -0.697. The second-order valence-corrected chi connectivity index (χ2v) is 4.63. The van der Waals surface area contributed by atoms with E-state index in [0.29, 0.717) is 11.1 Å². The number of carbonyl (C=O) groups excluding carboxylic acids is 1. The lowest BCUT2D eigenvalue weighted by atomic mass is 10.2. The van der Waals surface area contributed by atoms with E-state index in [9.17, 15) is 19.7 Å². The van der Waals surface area contributed by atoms with Crippen LogP contribution in [0.2, 0.25) is 0 Å². The molecular weight excluding hydrogens is 308 g/mol. The molecule has 9 heteroatoms. The number of nitro groups is 1. The summed E-state index contributed by atoms with van der Waals surface area (Å²) < 4.78 is 15.9. The first kappa shape index (κ1) is 14.6. The fourth-order valence-corrected chi connectivity index (χ4v) is 2.22. The summed E-state index contributed by atoms with van der Waals surface area (Å²) in [6.07, 6.45) is 1.31. The lowest BCUT2D eigenvalue weighted by Gasteiger charge is -2.02. The van der Waals surface area contributed by atoms with Crippen molar-refractivity contribution in [1.82, 2.24) is 4.57 Å². The number of nitrogens with zero attached hydrogens (tertiary/aromatic N) is 2. The highest BCUT2D eigenvalue weighted by atomic mass is 16.6. The second-order valence-electron chi connectivity index (χ2n) is 4.63. The van der Waals surface area contributed by atoms with Gasteiger partial charge in [0.25, 0.3) is 5.69 Å². The Kier molecular flexibility index (Phi) is 3.45. The van der Waals surface area contributed by atoms with Gasteiger partial charge in [-0.1, -0.05) is 0 Å². The molecule has 3 rings (SSSR count). The van der Waals surface area contributed by atoms with E-state index in [1.54, 1.807) is 0 Å². The number of methoxy groups -OCH3 is 1. The van der Waals surface area contributed by atoms with Crippen molar-refractivity contribution in [3.63, 3.8) is 0 Å². The van der Waals surface area contributed by atoms with Crippen LogP contribution in [-0.4, -0.2) is 22.6 Å². The Balaban J connectivity index is 2.06. The molecule has 2 aromatic heterocycles. The normalized spacial score (nSPS) is 10.8. The predicted octanol–water partition coefficient (Wildman–Crippen LogP) is 1.93. The van der Waals surface area contributed by atoms with Crippen molar-refractivity contribution in [2.45, 2.75) is 6.54 Å². The molecule has 0 saturated heterocycles. The summed E-state index contributed by atoms with van der Waals surface area (Å²) in [5.41, 5.74) is 0.710. The Morgan fingerprint density at radius 2 is 2.17 bits per heavy atom. The fourth-order valence-electron chi connectivity index (χ4n) is 2.22. The van der Waals surface area contributed by atoms with E-state index >= 15 is 0 Å². The fraction of sp³-hybridized carbons (Fsp3) is 0.143. The van der Waals surface area contributed by atoms with Crippen LogP contribution in [-0.2, 0) is 11.3 Å². The van der Waals surface area contributed by atoms with E-state index in [4.69, 9.17) is 8.83 Å². The molecule has 0 saturated carbocycles. The molecule has 0 aliphatic rings. The van der Waals surface area contributed by atoms with Crippen LogP contribution in [0.1, 0.15) is 16.1 Å². The van der Waals surface area contributed by atoms with E-state index in [2.05, 4.69) is 4.74 Å². The van der Waals surface area contributed by atoms with Crippen molar-refractivity contribution in [2.75, 3.05) is 7.11 Å². The molecule has 2 heterocycles. The average molecular weight is 318 g/mol. The highest BCUT2D eigenvalue weighted by Gasteiger charge is 2.19. The number of oxazole rings is 1. The smallest absolute Gasteiger partial charge is 0.420 e. The van der Waals surface area contributed by atoms with E-state index in [1.165, 1.54) is 42.2 Å². The first-order valence-corrected chi connectivity index (χ1v) is 6.43. The monoisotopic (exact) mass is 318 g/mol. The standard InChI is InChI=1S/C14H10N2O7/c1-21-13(17)12-8(4-5-22-12)7-15-10-3-2-9(16(19)20)6-11(10)23-14(15)18/h2-6H,7H2,1H3. The van der Waals surface area contributed by atoms with Gasteiger partial charge in [-0.2, -0.15) is 0 Å². The lowest BCUT2D eigenvalue weighted by Crippen LogP contribution is -2.16. The second kappa shape index (κ2) is 5.44. The van der Waals surface area contributed by atoms with Gasteiger partial charge in [-0.25, -0.2) is 9.59 Å². The van der Waals surface area contributed by atoms with Crippen LogP contribution in [0.4, 0.5) is 5.69 Å². The molecule has 0 aliphatic heterocycles. The number of ether oxygens (including phenoxy) is 1. The molecule has 1 aromatic carbocycles. The van der Waals surface area contributed by atoms with Crippen molar-refractivity contribution in [3.05, 3.63) is 62.5 Å².